The van der Waals surface area contributed by atoms with Crippen LogP contribution in [0.25, 0.3) is 0 Å². The Hall–Kier alpha value is -0.810. The highest BCUT2D eigenvalue weighted by Crippen LogP contribution is 2.23. The summed E-state index contributed by atoms with van der Waals surface area (Å²) in [5, 5.41) is 54.5. The van der Waals surface area contributed by atoms with Gasteiger partial charge in [0.1, 0.15) is 24.4 Å². The Morgan fingerprint density at radius 3 is 1.18 bits per heavy atom. The predicted octanol–water partition coefficient (Wildman–Crippen LogP) is 11.9. The van der Waals surface area contributed by atoms with Gasteiger partial charge < -0.3 is 40.3 Å². The van der Waals surface area contributed by atoms with Crippen molar-refractivity contribution >= 4 is 5.91 Å². The molecule has 60 heavy (non-hydrogen) atoms. The molecule has 0 aliphatic carbocycles. The number of aliphatic hydroxyl groups is 5. The van der Waals surface area contributed by atoms with Crippen molar-refractivity contribution in [3.8, 4) is 0 Å². The summed E-state index contributed by atoms with van der Waals surface area (Å²) >= 11 is 0. The van der Waals surface area contributed by atoms with E-state index in [1.54, 1.807) is 0 Å². The summed E-state index contributed by atoms with van der Waals surface area (Å²) in [6.45, 7) is 3.87. The summed E-state index contributed by atoms with van der Waals surface area (Å²) in [6, 6.07) is -0.712. The number of hydrogen-bond donors (Lipinski definition) is 6. The molecule has 1 aliphatic rings. The highest BCUT2D eigenvalue weighted by molar-refractivity contribution is 5.76. The number of nitrogens with one attached hydrogen (secondary N) is 1. The number of hydrogen-bond acceptors (Lipinski definition) is 8. The molecule has 0 aromatic heterocycles. The fourth-order valence-corrected chi connectivity index (χ4v) is 8.75. The van der Waals surface area contributed by atoms with Crippen LogP contribution >= 0.6 is 0 Å². The molecule has 0 radical (unpaired) electrons. The molecule has 6 N–H and O–H groups in total. The quantitative estimate of drug-likeness (QED) is 0.0332. The van der Waals surface area contributed by atoms with Gasteiger partial charge in [0.05, 0.1) is 25.4 Å². The van der Waals surface area contributed by atoms with E-state index in [9.17, 15) is 30.3 Å². The van der Waals surface area contributed by atoms with Crippen LogP contribution in [0.15, 0.2) is 0 Å². The van der Waals surface area contributed by atoms with E-state index in [2.05, 4.69) is 19.2 Å². The van der Waals surface area contributed by atoms with E-state index in [1.165, 1.54) is 199 Å². The second kappa shape index (κ2) is 42.2. The summed E-state index contributed by atoms with van der Waals surface area (Å²) in [5.74, 6) is -0.138. The molecule has 1 amide bonds. The Kier molecular flexibility index (Phi) is 40.2. The number of carbonyl (C=O) groups is 1. The highest BCUT2D eigenvalue weighted by Gasteiger charge is 2.44. The maximum Gasteiger partial charge on any atom is 0.220 e. The molecule has 0 bridgehead atoms. The number of amides is 1. The number of ether oxygens (including phenoxy) is 2. The molecule has 7 atom stereocenters. The van der Waals surface area contributed by atoms with Gasteiger partial charge in [-0.15, -0.1) is 0 Å². The Bertz CT molecular complexity index is 908. The Morgan fingerprint density at radius 1 is 0.500 bits per heavy atom. The van der Waals surface area contributed by atoms with E-state index < -0.39 is 49.5 Å². The first-order valence-electron chi connectivity index (χ1n) is 26.2. The highest BCUT2D eigenvalue weighted by atomic mass is 16.7. The first kappa shape index (κ1) is 57.2. The van der Waals surface area contributed by atoms with Crippen LogP contribution in [-0.4, -0.2) is 87.5 Å². The van der Waals surface area contributed by atoms with Crippen LogP contribution in [0.2, 0.25) is 0 Å². The van der Waals surface area contributed by atoms with Gasteiger partial charge in [-0.3, -0.25) is 4.79 Å². The molecule has 1 aliphatic heterocycles. The van der Waals surface area contributed by atoms with Crippen LogP contribution in [0.3, 0.4) is 0 Å². The van der Waals surface area contributed by atoms with Gasteiger partial charge in [0.25, 0.3) is 0 Å². The summed E-state index contributed by atoms with van der Waals surface area (Å²) in [5.41, 5.74) is 0. The minimum absolute atomic E-state index is 0.131. The van der Waals surface area contributed by atoms with Gasteiger partial charge in [-0.1, -0.05) is 245 Å². The molecule has 0 spiro atoms. The maximum atomic E-state index is 13.0. The van der Waals surface area contributed by atoms with Gasteiger partial charge >= 0.3 is 0 Å². The molecule has 9 heteroatoms. The lowest BCUT2D eigenvalue weighted by atomic mass is 9.99. The largest absolute Gasteiger partial charge is 0.394 e. The zero-order valence-corrected chi connectivity index (χ0v) is 39.5. The Balaban J connectivity index is 2.22. The lowest BCUT2D eigenvalue weighted by Crippen LogP contribution is -2.60. The number of rotatable bonds is 45. The van der Waals surface area contributed by atoms with Crippen LogP contribution in [0.4, 0.5) is 0 Å². The molecule has 7 unspecified atom stereocenters. The third-order valence-corrected chi connectivity index (χ3v) is 13.0. The Morgan fingerprint density at radius 2 is 0.833 bits per heavy atom. The smallest absolute Gasteiger partial charge is 0.220 e. The number of carbonyl (C=O) groups excluding carboxylic acids is 1. The van der Waals surface area contributed by atoms with Crippen molar-refractivity contribution in [2.45, 2.75) is 307 Å². The normalized spacial score (nSPS) is 20.4. The lowest BCUT2D eigenvalue weighted by molar-refractivity contribution is -0.302. The average molecular weight is 856 g/mol. The lowest BCUT2D eigenvalue weighted by Gasteiger charge is -2.40. The molecule has 9 nitrogen and oxygen atoms in total. The Labute approximate surface area is 370 Å². The maximum absolute atomic E-state index is 13.0. The van der Waals surface area contributed by atoms with E-state index in [-0.39, 0.29) is 12.5 Å². The second-order valence-electron chi connectivity index (χ2n) is 18.7. The van der Waals surface area contributed by atoms with E-state index in [0.29, 0.717) is 12.8 Å². The molecule has 1 fully saturated rings. The monoisotopic (exact) mass is 856 g/mol. The van der Waals surface area contributed by atoms with Gasteiger partial charge in [0.2, 0.25) is 5.91 Å². The molecule has 1 rings (SSSR count). The predicted molar refractivity (Wildman–Crippen MR) is 249 cm³/mol. The van der Waals surface area contributed by atoms with Crippen molar-refractivity contribution in [3.05, 3.63) is 0 Å². The van der Waals surface area contributed by atoms with Crippen molar-refractivity contribution in [3.63, 3.8) is 0 Å². The molecule has 1 saturated heterocycles. The molecule has 0 aromatic rings. The van der Waals surface area contributed by atoms with Crippen LogP contribution in [0.1, 0.15) is 264 Å². The zero-order chi connectivity index (χ0) is 43.7. The molecule has 0 aromatic carbocycles. The summed E-state index contributed by atoms with van der Waals surface area (Å²) < 4.78 is 11.3. The van der Waals surface area contributed by atoms with E-state index in [1.807, 2.05) is 0 Å². The van der Waals surface area contributed by atoms with Crippen molar-refractivity contribution in [2.24, 2.45) is 0 Å². The van der Waals surface area contributed by atoms with E-state index >= 15 is 0 Å². The molecular formula is C51H101NO8. The van der Waals surface area contributed by atoms with E-state index in [4.69, 9.17) is 9.47 Å². The standard InChI is InChI=1S/C51H101NO8/c1-3-5-7-9-11-13-15-17-19-20-21-22-23-24-25-27-29-31-33-35-37-39-41-47(55)52-44(43-59-51-50(58)49(57)48(56)46(42-53)60-51)45(54)40-38-36-34-32-30-28-26-18-16-14-12-10-8-6-4-2/h44-46,48-51,53-54,56-58H,3-43H2,1-2H3,(H,52,55). The molecule has 0 saturated carbocycles. The number of unbranched alkanes of at least 4 members (excludes halogenated alkanes) is 35. The van der Waals surface area contributed by atoms with Gasteiger partial charge in [0, 0.05) is 6.42 Å². The second-order valence-corrected chi connectivity index (χ2v) is 18.7. The van der Waals surface area contributed by atoms with Gasteiger partial charge in [-0.05, 0) is 12.8 Å². The minimum Gasteiger partial charge on any atom is -0.394 e. The molecule has 358 valence electrons. The van der Waals surface area contributed by atoms with Crippen molar-refractivity contribution in [1.29, 1.82) is 0 Å². The van der Waals surface area contributed by atoms with Crippen LogP contribution in [0, 0.1) is 0 Å². The van der Waals surface area contributed by atoms with Gasteiger partial charge in [-0.2, -0.15) is 0 Å². The zero-order valence-electron chi connectivity index (χ0n) is 39.5. The average Bonchev–Trinajstić information content (AvgIpc) is 3.25. The third-order valence-electron chi connectivity index (χ3n) is 13.0. The molecular weight excluding hydrogens is 755 g/mol. The first-order valence-corrected chi connectivity index (χ1v) is 26.2. The summed E-state index contributed by atoms with van der Waals surface area (Å²) in [4.78, 5) is 13.0. The summed E-state index contributed by atoms with van der Waals surface area (Å²) in [7, 11) is 0. The minimum atomic E-state index is -1.55. The van der Waals surface area contributed by atoms with Crippen molar-refractivity contribution < 1.29 is 39.8 Å². The van der Waals surface area contributed by atoms with Crippen molar-refractivity contribution in [1.82, 2.24) is 5.32 Å². The summed E-state index contributed by atoms with van der Waals surface area (Å²) in [6.07, 6.45) is 41.2. The third kappa shape index (κ3) is 31.9. The fourth-order valence-electron chi connectivity index (χ4n) is 8.75. The van der Waals surface area contributed by atoms with Crippen LogP contribution in [-0.2, 0) is 14.3 Å². The van der Waals surface area contributed by atoms with Gasteiger partial charge in [0.15, 0.2) is 6.29 Å². The topological polar surface area (TPSA) is 149 Å². The first-order chi connectivity index (χ1) is 29.3. The number of aliphatic hydroxyl groups excluding tert-OH is 5. The van der Waals surface area contributed by atoms with Crippen LogP contribution < -0.4 is 5.32 Å². The van der Waals surface area contributed by atoms with E-state index in [0.717, 1.165) is 38.5 Å². The SMILES string of the molecule is CCCCCCCCCCCCCCCCCCCCCCCCC(=O)NC(COC1OC(CO)C(O)C(O)C1O)C(O)CCCCCCCCCCCCCCCCC. The van der Waals surface area contributed by atoms with Gasteiger partial charge in [-0.25, -0.2) is 0 Å². The van der Waals surface area contributed by atoms with Crippen molar-refractivity contribution in [2.75, 3.05) is 13.2 Å². The fraction of sp³-hybridized carbons (Fsp3) is 0.980. The van der Waals surface area contributed by atoms with Crippen LogP contribution in [0.5, 0.6) is 0 Å². The molecule has 1 heterocycles.